The molecule has 1 atom stereocenters. The zero-order valence-corrected chi connectivity index (χ0v) is 16.5. The van der Waals surface area contributed by atoms with Gasteiger partial charge in [-0.2, -0.15) is 5.10 Å². The molecule has 0 aliphatic carbocycles. The Morgan fingerprint density at radius 2 is 1.54 bits per heavy atom. The summed E-state index contributed by atoms with van der Waals surface area (Å²) >= 11 is 12.2. The Morgan fingerprint density at radius 3 is 2.11 bits per heavy atom. The first kappa shape index (κ1) is 19.9. The van der Waals surface area contributed by atoms with Crippen molar-refractivity contribution in [1.29, 1.82) is 0 Å². The molecule has 0 radical (unpaired) electrons. The highest BCUT2D eigenvalue weighted by atomic mass is 35.5. The van der Waals surface area contributed by atoms with Gasteiger partial charge in [0.1, 0.15) is 6.04 Å². The molecule has 2 aromatic carbocycles. The fourth-order valence-electron chi connectivity index (χ4n) is 2.65. The van der Waals surface area contributed by atoms with Crippen LogP contribution in [0.1, 0.15) is 29.9 Å². The van der Waals surface area contributed by atoms with Crippen LogP contribution in [0.3, 0.4) is 0 Å². The Kier molecular flexibility index (Phi) is 6.34. The van der Waals surface area contributed by atoms with Gasteiger partial charge in [-0.05, 0) is 36.8 Å². The second kappa shape index (κ2) is 8.91. The summed E-state index contributed by atoms with van der Waals surface area (Å²) in [6.07, 6.45) is 2.09. The molecule has 0 aliphatic rings. The Bertz CT molecular complexity index is 1000. The van der Waals surface area contributed by atoms with E-state index >= 15 is 0 Å². The van der Waals surface area contributed by atoms with Gasteiger partial charge in [-0.25, -0.2) is 0 Å². The number of amides is 2. The predicted molar refractivity (Wildman–Crippen MR) is 111 cm³/mol. The van der Waals surface area contributed by atoms with Crippen molar-refractivity contribution in [2.75, 3.05) is 10.6 Å². The van der Waals surface area contributed by atoms with Crippen LogP contribution in [0.15, 0.2) is 60.8 Å². The van der Waals surface area contributed by atoms with Crippen molar-refractivity contribution in [2.45, 2.75) is 19.4 Å². The fourth-order valence-corrected chi connectivity index (χ4v) is 3.02. The van der Waals surface area contributed by atoms with E-state index in [0.29, 0.717) is 27.8 Å². The molecule has 144 valence electrons. The fraction of sp³-hybridized carbons (Fsp3) is 0.150. The number of carbonyl (C=O) groups is 2. The molecule has 6 nitrogen and oxygen atoms in total. The quantitative estimate of drug-likeness (QED) is 0.591. The monoisotopic (exact) mass is 416 g/mol. The summed E-state index contributed by atoms with van der Waals surface area (Å²) in [5.74, 6) is -0.676. The molecule has 3 aromatic rings. The molecule has 2 amide bonds. The van der Waals surface area contributed by atoms with Crippen molar-refractivity contribution in [1.82, 2.24) is 9.78 Å². The minimum atomic E-state index is -0.585. The number of carbonyl (C=O) groups excluding carboxylic acids is 2. The summed E-state index contributed by atoms with van der Waals surface area (Å²) in [6.45, 7) is 1.86. The Hall–Kier alpha value is -2.83. The summed E-state index contributed by atoms with van der Waals surface area (Å²) < 4.78 is 1.47. The van der Waals surface area contributed by atoms with Gasteiger partial charge in [0, 0.05) is 6.20 Å². The summed E-state index contributed by atoms with van der Waals surface area (Å²) in [7, 11) is 0. The number of hydrogen-bond donors (Lipinski definition) is 2. The van der Waals surface area contributed by atoms with Crippen molar-refractivity contribution >= 4 is 46.4 Å². The van der Waals surface area contributed by atoms with E-state index in [9.17, 15) is 9.59 Å². The maximum Gasteiger partial charge on any atom is 0.276 e. The Labute approximate surface area is 172 Å². The minimum absolute atomic E-state index is 0.184. The largest absolute Gasteiger partial charge is 0.323 e. The summed E-state index contributed by atoms with van der Waals surface area (Å²) in [5, 5.41) is 10.6. The van der Waals surface area contributed by atoms with E-state index in [1.165, 1.54) is 4.68 Å². The van der Waals surface area contributed by atoms with Gasteiger partial charge in [-0.3, -0.25) is 14.3 Å². The van der Waals surface area contributed by atoms with Crippen molar-refractivity contribution in [3.63, 3.8) is 0 Å². The van der Waals surface area contributed by atoms with Gasteiger partial charge in [0.15, 0.2) is 5.69 Å². The van der Waals surface area contributed by atoms with Gasteiger partial charge in [-0.1, -0.05) is 54.4 Å². The van der Waals surface area contributed by atoms with Gasteiger partial charge < -0.3 is 10.6 Å². The van der Waals surface area contributed by atoms with Gasteiger partial charge >= 0.3 is 0 Å². The SMILES string of the molecule is CC[C@H](C(=O)Nc1ccccc1Cl)n1ccc(C(=O)Nc2ccccc2Cl)n1. The number of hydrogen-bond acceptors (Lipinski definition) is 3. The van der Waals surface area contributed by atoms with Crippen LogP contribution in [-0.2, 0) is 4.79 Å². The maximum atomic E-state index is 12.7. The maximum absolute atomic E-state index is 12.7. The molecule has 3 rings (SSSR count). The Morgan fingerprint density at radius 1 is 0.964 bits per heavy atom. The molecule has 0 saturated heterocycles. The van der Waals surface area contributed by atoms with E-state index in [1.54, 1.807) is 60.8 Å². The number of anilines is 2. The summed E-state index contributed by atoms with van der Waals surface area (Å²) in [6, 6.07) is 14.9. The van der Waals surface area contributed by atoms with Crippen LogP contribution < -0.4 is 10.6 Å². The first-order chi connectivity index (χ1) is 13.5. The molecule has 2 N–H and O–H groups in total. The highest BCUT2D eigenvalue weighted by Crippen LogP contribution is 2.23. The highest BCUT2D eigenvalue weighted by molar-refractivity contribution is 6.34. The third-order valence-corrected chi connectivity index (χ3v) is 4.76. The third kappa shape index (κ3) is 4.52. The minimum Gasteiger partial charge on any atom is -0.323 e. The van der Waals surface area contributed by atoms with Crippen molar-refractivity contribution in [2.24, 2.45) is 0 Å². The van der Waals surface area contributed by atoms with E-state index in [2.05, 4.69) is 15.7 Å². The van der Waals surface area contributed by atoms with E-state index in [1.807, 2.05) is 6.92 Å². The van der Waals surface area contributed by atoms with E-state index < -0.39 is 11.9 Å². The van der Waals surface area contributed by atoms with E-state index in [-0.39, 0.29) is 11.6 Å². The lowest BCUT2D eigenvalue weighted by atomic mass is 10.2. The third-order valence-electron chi connectivity index (χ3n) is 4.10. The molecule has 0 saturated carbocycles. The summed E-state index contributed by atoms with van der Waals surface area (Å²) in [4.78, 5) is 25.1. The molecule has 0 aliphatic heterocycles. The standard InChI is InChI=1S/C20H18Cl2N4O2/c1-2-18(20(28)24-16-10-6-4-8-14(16)22)26-12-11-17(25-26)19(27)23-15-9-5-3-7-13(15)21/h3-12,18H,2H2,1H3,(H,23,27)(H,24,28)/t18-/m1/s1. The molecule has 8 heteroatoms. The van der Waals surface area contributed by atoms with E-state index in [0.717, 1.165) is 0 Å². The smallest absolute Gasteiger partial charge is 0.276 e. The molecular formula is C20H18Cl2N4O2. The number of halogens is 2. The topological polar surface area (TPSA) is 76.0 Å². The molecule has 1 heterocycles. The molecule has 1 aromatic heterocycles. The molecule has 0 spiro atoms. The van der Waals surface area contributed by atoms with Gasteiger partial charge in [0.05, 0.1) is 21.4 Å². The second-order valence-corrected chi connectivity index (χ2v) is 6.82. The van der Waals surface area contributed by atoms with Gasteiger partial charge in [0.25, 0.3) is 5.91 Å². The summed E-state index contributed by atoms with van der Waals surface area (Å²) in [5.41, 5.74) is 1.20. The number of nitrogens with zero attached hydrogens (tertiary/aromatic N) is 2. The average Bonchev–Trinajstić information content (AvgIpc) is 3.16. The normalized spacial score (nSPS) is 11.7. The molecule has 28 heavy (non-hydrogen) atoms. The van der Waals surface area contributed by atoms with E-state index in [4.69, 9.17) is 23.2 Å². The predicted octanol–water partition coefficient (Wildman–Crippen LogP) is 5.03. The van der Waals surface area contributed by atoms with Crippen LogP contribution >= 0.6 is 23.2 Å². The Balaban J connectivity index is 1.73. The number of para-hydroxylation sites is 2. The van der Waals surface area contributed by atoms with Crippen LogP contribution in [0.2, 0.25) is 10.0 Å². The van der Waals surface area contributed by atoms with Crippen LogP contribution in [0.4, 0.5) is 11.4 Å². The van der Waals surface area contributed by atoms with Gasteiger partial charge in [0.2, 0.25) is 5.91 Å². The molecular weight excluding hydrogens is 399 g/mol. The average molecular weight is 417 g/mol. The van der Waals surface area contributed by atoms with Crippen LogP contribution in [0, 0.1) is 0 Å². The van der Waals surface area contributed by atoms with Crippen LogP contribution in [0.5, 0.6) is 0 Å². The van der Waals surface area contributed by atoms with Crippen molar-refractivity contribution < 1.29 is 9.59 Å². The lowest BCUT2D eigenvalue weighted by Crippen LogP contribution is -2.26. The van der Waals surface area contributed by atoms with Crippen molar-refractivity contribution in [3.8, 4) is 0 Å². The number of nitrogens with one attached hydrogen (secondary N) is 2. The second-order valence-electron chi connectivity index (χ2n) is 6.01. The van der Waals surface area contributed by atoms with Gasteiger partial charge in [-0.15, -0.1) is 0 Å². The first-order valence-electron chi connectivity index (χ1n) is 8.66. The lowest BCUT2D eigenvalue weighted by Gasteiger charge is -2.16. The van der Waals surface area contributed by atoms with Crippen LogP contribution in [0.25, 0.3) is 0 Å². The highest BCUT2D eigenvalue weighted by Gasteiger charge is 2.22. The molecule has 0 fully saturated rings. The lowest BCUT2D eigenvalue weighted by molar-refractivity contribution is -0.119. The number of benzene rings is 2. The molecule has 0 unspecified atom stereocenters. The first-order valence-corrected chi connectivity index (χ1v) is 9.41. The zero-order valence-electron chi connectivity index (χ0n) is 15.0. The number of rotatable bonds is 6. The number of aromatic nitrogens is 2. The molecule has 0 bridgehead atoms. The van der Waals surface area contributed by atoms with Crippen molar-refractivity contribution in [3.05, 3.63) is 76.5 Å². The van der Waals surface area contributed by atoms with Crippen LogP contribution in [-0.4, -0.2) is 21.6 Å². The zero-order chi connectivity index (χ0) is 20.1.